The molecule has 0 spiro atoms. The van der Waals surface area contributed by atoms with E-state index in [4.69, 9.17) is 23.7 Å². The molecule has 1 heterocycles. The third-order valence-electron chi connectivity index (χ3n) is 6.69. The topological polar surface area (TPSA) is 155 Å². The van der Waals surface area contributed by atoms with E-state index in [2.05, 4.69) is 14.7 Å². The summed E-state index contributed by atoms with van der Waals surface area (Å²) in [7, 11) is -2.78. The van der Waals surface area contributed by atoms with Gasteiger partial charge in [-0.25, -0.2) is 13.4 Å². The van der Waals surface area contributed by atoms with Crippen LogP contribution < -0.4 is 28.4 Å². The molecule has 13 heteroatoms. The summed E-state index contributed by atoms with van der Waals surface area (Å²) in [6.07, 6.45) is -0.358. The minimum atomic E-state index is -4.24. The second-order valence-corrected chi connectivity index (χ2v) is 12.9. The minimum Gasteiger partial charge on any atom is -0.494 e. The molecule has 250 valence electrons. The normalized spacial score (nSPS) is 11.4. The fourth-order valence-corrected chi connectivity index (χ4v) is 5.39. The molecule has 0 aliphatic heterocycles. The number of nitrogens with one attached hydrogen (secondary N) is 1. The first kappa shape index (κ1) is 34.8. The van der Waals surface area contributed by atoms with Crippen LogP contribution in [0, 0.1) is 0 Å². The highest BCUT2D eigenvalue weighted by Crippen LogP contribution is 2.42. The number of carbonyl (C=O) groups is 1. The van der Waals surface area contributed by atoms with E-state index < -0.39 is 16.0 Å². The Morgan fingerprint density at radius 3 is 2.04 bits per heavy atom. The number of carboxylic acid groups (broad SMARTS) is 1. The monoisotopic (exact) mass is 665 g/mol. The van der Waals surface area contributed by atoms with Crippen LogP contribution in [-0.2, 0) is 20.2 Å². The van der Waals surface area contributed by atoms with Crippen LogP contribution in [0.1, 0.15) is 46.6 Å². The number of nitrogens with zero attached hydrogens (tertiary/aromatic N) is 2. The molecule has 0 atom stereocenters. The number of rotatable bonds is 15. The molecule has 1 aromatic heterocycles. The molecule has 0 bridgehead atoms. The number of aromatic nitrogens is 2. The zero-order chi connectivity index (χ0) is 34.2. The van der Waals surface area contributed by atoms with Crippen LogP contribution in [0.25, 0.3) is 11.4 Å². The lowest BCUT2D eigenvalue weighted by molar-refractivity contribution is -0.137. The first-order valence-corrected chi connectivity index (χ1v) is 16.4. The van der Waals surface area contributed by atoms with Crippen molar-refractivity contribution >= 4 is 21.8 Å². The van der Waals surface area contributed by atoms with Crippen LogP contribution in [0.3, 0.4) is 0 Å². The van der Waals surface area contributed by atoms with Gasteiger partial charge in [-0.1, -0.05) is 45.0 Å². The van der Waals surface area contributed by atoms with Crippen molar-refractivity contribution in [2.24, 2.45) is 0 Å². The predicted molar refractivity (Wildman–Crippen MR) is 177 cm³/mol. The van der Waals surface area contributed by atoms with Gasteiger partial charge in [0.25, 0.3) is 15.9 Å². The first-order chi connectivity index (χ1) is 22.3. The average Bonchev–Trinajstić information content (AvgIpc) is 3.02. The Hall–Kier alpha value is -5.04. The highest BCUT2D eigenvalue weighted by atomic mass is 32.2. The van der Waals surface area contributed by atoms with Crippen LogP contribution in [0.2, 0.25) is 0 Å². The molecule has 4 aromatic rings. The summed E-state index contributed by atoms with van der Waals surface area (Å²) in [5.41, 5.74) is 1.18. The summed E-state index contributed by atoms with van der Waals surface area (Å²) in [5.74, 6) is -0.241. The van der Waals surface area contributed by atoms with Gasteiger partial charge in [-0.15, -0.1) is 0 Å². The Bertz CT molecular complexity index is 1780. The maximum Gasteiger partial charge on any atom is 0.306 e. The van der Waals surface area contributed by atoms with Crippen LogP contribution in [-0.4, -0.2) is 56.4 Å². The van der Waals surface area contributed by atoms with Gasteiger partial charge in [-0.2, -0.15) is 4.98 Å². The molecule has 0 saturated carbocycles. The van der Waals surface area contributed by atoms with Gasteiger partial charge in [-0.05, 0) is 61.2 Å². The number of aliphatic carboxylic acids is 1. The average molecular weight is 666 g/mol. The highest BCUT2D eigenvalue weighted by Gasteiger charge is 2.26. The fourth-order valence-electron chi connectivity index (χ4n) is 4.39. The summed E-state index contributed by atoms with van der Waals surface area (Å²) in [6.45, 7) is 10.2. The Kier molecular flexibility index (Phi) is 11.1. The predicted octanol–water partition coefficient (Wildman–Crippen LogP) is 6.69. The molecule has 12 nitrogen and oxygen atoms in total. The Balaban J connectivity index is 1.93. The Morgan fingerprint density at radius 2 is 1.49 bits per heavy atom. The number of para-hydroxylation sites is 2. The van der Waals surface area contributed by atoms with E-state index in [0.717, 1.165) is 5.56 Å². The quantitative estimate of drug-likeness (QED) is 0.139. The number of hydrogen-bond acceptors (Lipinski definition) is 10. The van der Waals surface area contributed by atoms with Crippen LogP contribution in [0.15, 0.2) is 71.6 Å². The summed E-state index contributed by atoms with van der Waals surface area (Å²) in [4.78, 5) is 20.5. The number of benzene rings is 3. The van der Waals surface area contributed by atoms with Gasteiger partial charge < -0.3 is 28.8 Å². The molecular weight excluding hydrogens is 626 g/mol. The Morgan fingerprint density at radius 1 is 0.872 bits per heavy atom. The molecule has 0 fully saturated rings. The largest absolute Gasteiger partial charge is 0.494 e. The molecule has 4 rings (SSSR count). The number of carboxylic acids is 1. The van der Waals surface area contributed by atoms with Crippen molar-refractivity contribution in [2.75, 3.05) is 31.7 Å². The van der Waals surface area contributed by atoms with Gasteiger partial charge in [-0.3, -0.25) is 9.52 Å². The minimum absolute atomic E-state index is 0.0146. The van der Waals surface area contributed by atoms with Crippen LogP contribution in [0.5, 0.6) is 34.6 Å². The molecule has 0 radical (unpaired) electrons. The van der Waals surface area contributed by atoms with Crippen LogP contribution in [0.4, 0.5) is 5.82 Å². The lowest BCUT2D eigenvalue weighted by Gasteiger charge is -2.20. The molecule has 0 amide bonds. The molecule has 0 saturated heterocycles. The number of methoxy groups -OCH3 is 1. The molecule has 47 heavy (non-hydrogen) atoms. The third-order valence-corrected chi connectivity index (χ3v) is 8.05. The van der Waals surface area contributed by atoms with E-state index in [1.165, 1.54) is 19.2 Å². The molecule has 3 aromatic carbocycles. The van der Waals surface area contributed by atoms with Crippen molar-refractivity contribution in [3.8, 4) is 46.0 Å². The van der Waals surface area contributed by atoms with Crippen LogP contribution >= 0.6 is 0 Å². The molecule has 0 unspecified atom stereocenters. The first-order valence-electron chi connectivity index (χ1n) is 15.0. The summed E-state index contributed by atoms with van der Waals surface area (Å²) >= 11 is 0. The maximum atomic E-state index is 13.8. The maximum absolute atomic E-state index is 13.8. The van der Waals surface area contributed by atoms with Crippen molar-refractivity contribution in [2.45, 2.75) is 51.3 Å². The van der Waals surface area contributed by atoms with Gasteiger partial charge in [0.05, 0.1) is 31.6 Å². The second-order valence-electron chi connectivity index (χ2n) is 11.2. The summed E-state index contributed by atoms with van der Waals surface area (Å²) < 4.78 is 59.1. The second kappa shape index (κ2) is 15.0. The van der Waals surface area contributed by atoms with Crippen molar-refractivity contribution < 1.29 is 42.0 Å². The summed E-state index contributed by atoms with van der Waals surface area (Å²) in [5, 5.41) is 9.28. The van der Waals surface area contributed by atoms with Gasteiger partial charge in [0.2, 0.25) is 5.75 Å². The Labute approximate surface area is 274 Å². The van der Waals surface area contributed by atoms with Gasteiger partial charge in [0.1, 0.15) is 18.1 Å². The third kappa shape index (κ3) is 9.03. The SMILES string of the molecule is CCOc1cc(OCC)cc(-c2nc(NS(=O)(=O)c3ccc(C(C)(C)C)cc3)c(Oc3ccccc3OC)c(OCCC(=O)O)n2)c1. The van der Waals surface area contributed by atoms with Crippen molar-refractivity contribution in [3.05, 3.63) is 72.3 Å². The summed E-state index contributed by atoms with van der Waals surface area (Å²) in [6, 6.07) is 18.3. The van der Waals surface area contributed by atoms with E-state index in [-0.39, 0.29) is 52.4 Å². The number of sulfonamides is 1. The highest BCUT2D eigenvalue weighted by molar-refractivity contribution is 7.92. The number of ether oxygens (including phenoxy) is 5. The van der Waals surface area contributed by atoms with Gasteiger partial charge >= 0.3 is 5.97 Å². The molecule has 0 aliphatic carbocycles. The standard InChI is InChI=1S/C34H39N3O9S/c1-7-43-24-19-22(20-25(21-24)44-8-2)31-35-32(37-47(40,41)26-15-13-23(14-16-26)34(3,4)5)30(33(36-31)45-18-17-29(38)39)46-28-12-10-9-11-27(28)42-6/h9-16,19-21H,7-8,17-18H2,1-6H3,(H,38,39)(H,35,36,37). The zero-order valence-corrected chi connectivity index (χ0v) is 28.0. The number of hydrogen-bond donors (Lipinski definition) is 2. The van der Waals surface area contributed by atoms with E-state index >= 15 is 0 Å². The zero-order valence-electron chi connectivity index (χ0n) is 27.2. The smallest absolute Gasteiger partial charge is 0.306 e. The van der Waals surface area contributed by atoms with Crippen molar-refractivity contribution in [1.82, 2.24) is 9.97 Å². The van der Waals surface area contributed by atoms with E-state index in [1.807, 2.05) is 34.6 Å². The molecule has 0 aliphatic rings. The van der Waals surface area contributed by atoms with E-state index in [1.54, 1.807) is 54.6 Å². The van der Waals surface area contributed by atoms with E-state index in [9.17, 15) is 18.3 Å². The van der Waals surface area contributed by atoms with E-state index in [0.29, 0.717) is 36.0 Å². The van der Waals surface area contributed by atoms with Crippen molar-refractivity contribution in [3.63, 3.8) is 0 Å². The number of anilines is 1. The lowest BCUT2D eigenvalue weighted by Crippen LogP contribution is -2.17. The van der Waals surface area contributed by atoms with Crippen molar-refractivity contribution in [1.29, 1.82) is 0 Å². The fraction of sp³-hybridized carbons (Fsp3) is 0.324. The lowest BCUT2D eigenvalue weighted by atomic mass is 9.87. The van der Waals surface area contributed by atoms with Gasteiger partial charge in [0.15, 0.2) is 23.1 Å². The molecule has 2 N–H and O–H groups in total. The van der Waals surface area contributed by atoms with Gasteiger partial charge in [0, 0.05) is 11.6 Å². The molecular formula is C34H39N3O9S.